The maximum atomic E-state index is 14.2. The predicted molar refractivity (Wildman–Crippen MR) is 77.3 cm³/mol. The number of nitrogens with two attached hydrogens (primary N) is 1. The van der Waals surface area contributed by atoms with Crippen LogP contribution in [0.3, 0.4) is 0 Å². The summed E-state index contributed by atoms with van der Waals surface area (Å²) in [5, 5.41) is 0. The molecule has 0 spiro atoms. The Balaban J connectivity index is 2.24. The Morgan fingerprint density at radius 2 is 1.86 bits per heavy atom. The smallest absolute Gasteiger partial charge is 0.131 e. The van der Waals surface area contributed by atoms with Crippen molar-refractivity contribution in [1.29, 1.82) is 0 Å². The van der Waals surface area contributed by atoms with Gasteiger partial charge in [-0.25, -0.2) is 8.78 Å². The zero-order chi connectivity index (χ0) is 15.0. The third-order valence-corrected chi connectivity index (χ3v) is 4.22. The number of aryl methyl sites for hydroxylation is 1. The van der Waals surface area contributed by atoms with E-state index in [9.17, 15) is 8.78 Å². The maximum absolute atomic E-state index is 14.2. The van der Waals surface area contributed by atoms with Crippen molar-refractivity contribution >= 4 is 0 Å². The first-order chi connectivity index (χ1) is 10.1. The highest BCUT2D eigenvalue weighted by molar-refractivity contribution is 5.48. The van der Waals surface area contributed by atoms with E-state index < -0.39 is 17.2 Å². The summed E-state index contributed by atoms with van der Waals surface area (Å²) in [4.78, 5) is 0. The summed E-state index contributed by atoms with van der Waals surface area (Å²) in [5.41, 5.74) is 7.04. The van der Waals surface area contributed by atoms with Gasteiger partial charge in [0.1, 0.15) is 17.4 Å². The Hall–Kier alpha value is -1.94. The van der Waals surface area contributed by atoms with E-state index in [0.29, 0.717) is 12.2 Å². The minimum atomic E-state index is -1.16. The lowest BCUT2D eigenvalue weighted by Gasteiger charge is -2.36. The summed E-state index contributed by atoms with van der Waals surface area (Å²) in [6.45, 7) is 0. The number of methoxy groups -OCH3 is 1. The number of hydrogen-bond acceptors (Lipinski definition) is 2. The Kier molecular flexibility index (Phi) is 3.41. The van der Waals surface area contributed by atoms with Gasteiger partial charge in [0.25, 0.3) is 0 Å². The molecule has 0 aliphatic heterocycles. The van der Waals surface area contributed by atoms with E-state index in [4.69, 9.17) is 10.5 Å². The van der Waals surface area contributed by atoms with Crippen LogP contribution in [0.4, 0.5) is 8.78 Å². The third kappa shape index (κ3) is 2.20. The zero-order valence-corrected chi connectivity index (χ0v) is 11.8. The van der Waals surface area contributed by atoms with Crippen molar-refractivity contribution in [2.75, 3.05) is 7.11 Å². The van der Waals surface area contributed by atoms with Crippen molar-refractivity contribution in [3.05, 3.63) is 64.7 Å². The first-order valence-electron chi connectivity index (χ1n) is 6.97. The van der Waals surface area contributed by atoms with Crippen LogP contribution in [0.1, 0.15) is 29.5 Å². The monoisotopic (exact) mass is 289 g/mol. The van der Waals surface area contributed by atoms with Crippen LogP contribution in [0.15, 0.2) is 36.4 Å². The second-order valence-electron chi connectivity index (χ2n) is 5.44. The molecular weight excluding hydrogens is 272 g/mol. The lowest BCUT2D eigenvalue weighted by molar-refractivity contribution is 0.388. The predicted octanol–water partition coefficient (Wildman–Crippen LogP) is 3.51. The lowest BCUT2D eigenvalue weighted by Crippen LogP contribution is -2.42. The largest absolute Gasteiger partial charge is 0.497 e. The van der Waals surface area contributed by atoms with Gasteiger partial charge in [-0.3, -0.25) is 0 Å². The fraction of sp³-hybridized carbons (Fsp3) is 0.294. The van der Waals surface area contributed by atoms with Crippen LogP contribution >= 0.6 is 0 Å². The molecule has 0 saturated heterocycles. The number of halogens is 2. The molecule has 0 fully saturated rings. The number of hydrogen-bond donors (Lipinski definition) is 1. The Labute approximate surface area is 122 Å². The average Bonchev–Trinajstić information content (AvgIpc) is 2.47. The van der Waals surface area contributed by atoms with Crippen LogP contribution in [0.25, 0.3) is 0 Å². The summed E-state index contributed by atoms with van der Waals surface area (Å²) in [6, 6.07) is 9.42. The fourth-order valence-electron chi connectivity index (χ4n) is 3.19. The Morgan fingerprint density at radius 3 is 2.52 bits per heavy atom. The summed E-state index contributed by atoms with van der Waals surface area (Å²) in [6.07, 6.45) is 2.16. The summed E-state index contributed by atoms with van der Waals surface area (Å²) in [7, 11) is 1.56. The van der Waals surface area contributed by atoms with E-state index in [1.165, 1.54) is 18.2 Å². The van der Waals surface area contributed by atoms with Gasteiger partial charge in [0.2, 0.25) is 0 Å². The van der Waals surface area contributed by atoms with Gasteiger partial charge in [0, 0.05) is 5.56 Å². The van der Waals surface area contributed by atoms with Crippen molar-refractivity contribution in [1.82, 2.24) is 0 Å². The van der Waals surface area contributed by atoms with E-state index in [-0.39, 0.29) is 5.56 Å². The second-order valence-corrected chi connectivity index (χ2v) is 5.44. The quantitative estimate of drug-likeness (QED) is 0.918. The third-order valence-electron chi connectivity index (χ3n) is 4.22. The summed E-state index contributed by atoms with van der Waals surface area (Å²) in [5.74, 6) is -0.566. The topological polar surface area (TPSA) is 35.2 Å². The molecule has 1 aliphatic rings. The van der Waals surface area contributed by atoms with Crippen LogP contribution in [-0.4, -0.2) is 7.11 Å². The molecule has 2 aromatic rings. The maximum Gasteiger partial charge on any atom is 0.131 e. The molecular formula is C17H17F2NO. The molecule has 2 N–H and O–H groups in total. The Morgan fingerprint density at radius 1 is 1.14 bits per heavy atom. The highest BCUT2D eigenvalue weighted by atomic mass is 19.1. The van der Waals surface area contributed by atoms with E-state index in [1.54, 1.807) is 13.2 Å². The van der Waals surface area contributed by atoms with Gasteiger partial charge in [-0.2, -0.15) is 0 Å². The average molecular weight is 289 g/mol. The van der Waals surface area contributed by atoms with Gasteiger partial charge >= 0.3 is 0 Å². The minimum absolute atomic E-state index is 0.0563. The van der Waals surface area contributed by atoms with Crippen LogP contribution in [-0.2, 0) is 12.0 Å². The molecule has 1 atom stereocenters. The van der Waals surface area contributed by atoms with Crippen LogP contribution in [0, 0.1) is 11.6 Å². The van der Waals surface area contributed by atoms with E-state index in [2.05, 4.69) is 0 Å². The molecule has 1 aliphatic carbocycles. The molecule has 110 valence electrons. The molecule has 1 unspecified atom stereocenters. The summed E-state index contributed by atoms with van der Waals surface area (Å²) < 4.78 is 33.6. The Bertz CT molecular complexity index is 666. The van der Waals surface area contributed by atoms with E-state index in [1.807, 2.05) is 12.1 Å². The molecule has 0 amide bonds. The molecule has 0 radical (unpaired) electrons. The lowest BCUT2D eigenvalue weighted by atomic mass is 9.72. The van der Waals surface area contributed by atoms with Crippen LogP contribution in [0.2, 0.25) is 0 Å². The van der Waals surface area contributed by atoms with Gasteiger partial charge in [-0.1, -0.05) is 12.1 Å². The van der Waals surface area contributed by atoms with Crippen LogP contribution in [0.5, 0.6) is 5.75 Å². The molecule has 2 nitrogen and oxygen atoms in total. The molecule has 21 heavy (non-hydrogen) atoms. The first-order valence-corrected chi connectivity index (χ1v) is 6.97. The highest BCUT2D eigenvalue weighted by Gasteiger charge is 2.38. The van der Waals surface area contributed by atoms with Gasteiger partial charge in [-0.15, -0.1) is 0 Å². The molecule has 2 aromatic carbocycles. The first kappa shape index (κ1) is 14.0. The van der Waals surface area contributed by atoms with E-state index in [0.717, 1.165) is 24.0 Å². The fourth-order valence-corrected chi connectivity index (χ4v) is 3.19. The molecule has 0 heterocycles. The van der Waals surface area contributed by atoms with Crippen molar-refractivity contribution in [3.8, 4) is 5.75 Å². The van der Waals surface area contributed by atoms with Crippen molar-refractivity contribution in [2.24, 2.45) is 5.73 Å². The SMILES string of the molecule is COc1ccc2c(c1)C(N)(c1c(F)cccc1F)CCC2. The minimum Gasteiger partial charge on any atom is -0.497 e. The molecule has 0 bridgehead atoms. The van der Waals surface area contributed by atoms with Gasteiger partial charge in [-0.05, 0) is 54.7 Å². The number of rotatable bonds is 2. The normalized spacial score (nSPS) is 21.0. The number of fused-ring (bicyclic) bond motifs is 1. The van der Waals surface area contributed by atoms with E-state index >= 15 is 0 Å². The number of ether oxygens (including phenoxy) is 1. The molecule has 3 rings (SSSR count). The standard InChI is InChI=1S/C17H17F2NO/c1-21-12-8-7-11-4-3-9-17(20,13(11)10-12)16-14(18)5-2-6-15(16)19/h2,5-8,10H,3-4,9,20H2,1H3. The number of benzene rings is 2. The molecule has 0 saturated carbocycles. The van der Waals surface area contributed by atoms with Gasteiger partial charge in [0.15, 0.2) is 0 Å². The molecule has 0 aromatic heterocycles. The zero-order valence-electron chi connectivity index (χ0n) is 11.8. The van der Waals surface area contributed by atoms with Crippen molar-refractivity contribution in [2.45, 2.75) is 24.8 Å². The van der Waals surface area contributed by atoms with Crippen molar-refractivity contribution in [3.63, 3.8) is 0 Å². The molecule has 4 heteroatoms. The van der Waals surface area contributed by atoms with Crippen molar-refractivity contribution < 1.29 is 13.5 Å². The van der Waals surface area contributed by atoms with Crippen LogP contribution < -0.4 is 10.5 Å². The summed E-state index contributed by atoms with van der Waals surface area (Å²) >= 11 is 0. The highest BCUT2D eigenvalue weighted by Crippen LogP contribution is 2.41. The van der Waals surface area contributed by atoms with Gasteiger partial charge < -0.3 is 10.5 Å². The van der Waals surface area contributed by atoms with Gasteiger partial charge in [0.05, 0.1) is 12.6 Å². The second kappa shape index (κ2) is 5.11.